The van der Waals surface area contributed by atoms with Crippen LogP contribution >= 0.6 is 11.6 Å². The Bertz CT molecular complexity index is 687. The molecule has 4 aliphatic carbocycles. The standard InChI is InChI=1S/C21H29ClO4/c1-19-6-3-12(23)9-16(19)17(22)10-13-14(19)4-7-20(2)15(13)5-8-21(20,26)11-18(24)25/h9,13-15,17,26H,3-8,10-11H2,1-2H3,(H,24,25)/t13-,14+,15+,17-,19-,20+,21-/m1/s1. The monoisotopic (exact) mass is 380 g/mol. The van der Waals surface area contributed by atoms with Gasteiger partial charge in [0, 0.05) is 6.42 Å². The van der Waals surface area contributed by atoms with Crippen LogP contribution in [0.3, 0.4) is 0 Å². The Kier molecular flexibility index (Phi) is 4.13. The third kappa shape index (κ3) is 2.37. The van der Waals surface area contributed by atoms with Gasteiger partial charge in [0.15, 0.2) is 5.78 Å². The van der Waals surface area contributed by atoms with Crippen LogP contribution in [0.5, 0.6) is 0 Å². The van der Waals surface area contributed by atoms with Crippen molar-refractivity contribution in [2.45, 2.75) is 76.2 Å². The molecule has 4 aliphatic rings. The van der Waals surface area contributed by atoms with E-state index in [2.05, 4.69) is 13.8 Å². The van der Waals surface area contributed by atoms with Gasteiger partial charge < -0.3 is 10.2 Å². The number of allylic oxidation sites excluding steroid dienone is 1. The summed E-state index contributed by atoms with van der Waals surface area (Å²) < 4.78 is 0. The van der Waals surface area contributed by atoms with Crippen LogP contribution in [0.1, 0.15) is 65.2 Å². The molecule has 4 nitrogen and oxygen atoms in total. The van der Waals surface area contributed by atoms with Gasteiger partial charge in [-0.25, -0.2) is 0 Å². The van der Waals surface area contributed by atoms with Crippen LogP contribution in [-0.2, 0) is 9.59 Å². The highest BCUT2D eigenvalue weighted by atomic mass is 35.5. The Labute approximate surface area is 160 Å². The number of alkyl halides is 1. The number of carboxylic acid groups (broad SMARTS) is 1. The van der Waals surface area contributed by atoms with E-state index in [1.54, 1.807) is 6.08 Å². The minimum absolute atomic E-state index is 0.0297. The van der Waals surface area contributed by atoms with Gasteiger partial charge in [-0.2, -0.15) is 0 Å². The second-order valence-electron chi connectivity index (χ2n) is 9.66. The predicted octanol–water partition coefficient (Wildman–Crippen LogP) is 3.94. The fourth-order valence-corrected chi connectivity index (χ4v) is 7.73. The Morgan fingerprint density at radius 1 is 1.23 bits per heavy atom. The van der Waals surface area contributed by atoms with Crippen molar-refractivity contribution in [2.75, 3.05) is 0 Å². The molecule has 0 spiro atoms. The second-order valence-corrected chi connectivity index (χ2v) is 10.2. The Balaban J connectivity index is 1.69. The largest absolute Gasteiger partial charge is 0.481 e. The molecule has 0 amide bonds. The van der Waals surface area contributed by atoms with Crippen molar-refractivity contribution in [2.24, 2.45) is 28.6 Å². The first-order valence-corrected chi connectivity index (χ1v) is 10.4. The minimum atomic E-state index is -1.12. The first kappa shape index (κ1) is 18.5. The number of aliphatic carboxylic acids is 1. The number of hydrogen-bond donors (Lipinski definition) is 2. The van der Waals surface area contributed by atoms with Crippen molar-refractivity contribution in [3.63, 3.8) is 0 Å². The number of carbonyl (C=O) groups is 2. The van der Waals surface area contributed by atoms with Gasteiger partial charge in [0.25, 0.3) is 0 Å². The van der Waals surface area contributed by atoms with Crippen LogP contribution in [0.15, 0.2) is 11.6 Å². The summed E-state index contributed by atoms with van der Waals surface area (Å²) in [6.45, 7) is 4.38. The Hall–Kier alpha value is -0.870. The number of rotatable bonds is 2. The highest BCUT2D eigenvalue weighted by Crippen LogP contribution is 2.68. The third-order valence-electron chi connectivity index (χ3n) is 8.70. The molecule has 0 aromatic heterocycles. The first-order valence-electron chi connectivity index (χ1n) is 9.94. The van der Waals surface area contributed by atoms with E-state index in [-0.39, 0.29) is 28.4 Å². The molecule has 0 saturated heterocycles. The maximum Gasteiger partial charge on any atom is 0.306 e. The maximum absolute atomic E-state index is 12.0. The summed E-state index contributed by atoms with van der Waals surface area (Å²) >= 11 is 6.78. The normalized spacial score (nSPS) is 50.5. The van der Waals surface area contributed by atoms with Gasteiger partial charge >= 0.3 is 5.97 Å². The summed E-state index contributed by atoms with van der Waals surface area (Å²) in [5.41, 5.74) is -0.377. The lowest BCUT2D eigenvalue weighted by Crippen LogP contribution is -2.56. The molecule has 0 aliphatic heterocycles. The molecule has 5 heteroatoms. The molecule has 0 heterocycles. The van der Waals surface area contributed by atoms with Crippen LogP contribution in [0, 0.1) is 28.6 Å². The molecule has 2 N–H and O–H groups in total. The fraction of sp³-hybridized carbons (Fsp3) is 0.810. The number of ketones is 1. The number of carboxylic acids is 1. The number of hydrogen-bond acceptors (Lipinski definition) is 3. The van der Waals surface area contributed by atoms with Gasteiger partial charge in [-0.1, -0.05) is 13.8 Å². The van der Waals surface area contributed by atoms with Gasteiger partial charge in [-0.3, -0.25) is 9.59 Å². The molecule has 3 fully saturated rings. The number of fused-ring (bicyclic) bond motifs is 5. The first-order chi connectivity index (χ1) is 12.1. The molecule has 3 saturated carbocycles. The molecule has 0 aromatic rings. The zero-order valence-electron chi connectivity index (χ0n) is 15.6. The number of aliphatic hydroxyl groups is 1. The second kappa shape index (κ2) is 5.81. The van der Waals surface area contributed by atoms with Crippen LogP contribution in [0.4, 0.5) is 0 Å². The van der Waals surface area contributed by atoms with Crippen LogP contribution in [0.2, 0.25) is 0 Å². The van der Waals surface area contributed by atoms with Gasteiger partial charge in [0.05, 0.1) is 17.4 Å². The zero-order valence-corrected chi connectivity index (χ0v) is 16.4. The molecule has 4 rings (SSSR count). The van der Waals surface area contributed by atoms with Crippen molar-refractivity contribution in [1.29, 1.82) is 0 Å². The quantitative estimate of drug-likeness (QED) is 0.711. The molecular formula is C21H29ClO4. The van der Waals surface area contributed by atoms with Crippen molar-refractivity contribution in [3.05, 3.63) is 11.6 Å². The van der Waals surface area contributed by atoms with E-state index < -0.39 is 11.6 Å². The van der Waals surface area contributed by atoms with E-state index in [1.165, 1.54) is 0 Å². The van der Waals surface area contributed by atoms with Gasteiger partial charge in [-0.15, -0.1) is 11.6 Å². The molecule has 7 atom stereocenters. The summed E-state index contributed by atoms with van der Waals surface area (Å²) in [4.78, 5) is 23.3. The number of carbonyl (C=O) groups excluding carboxylic acids is 1. The topological polar surface area (TPSA) is 74.6 Å². The van der Waals surface area contributed by atoms with E-state index >= 15 is 0 Å². The van der Waals surface area contributed by atoms with E-state index in [9.17, 15) is 19.8 Å². The molecule has 0 bridgehead atoms. The Morgan fingerprint density at radius 2 is 1.92 bits per heavy atom. The van der Waals surface area contributed by atoms with Gasteiger partial charge in [0.2, 0.25) is 0 Å². The van der Waals surface area contributed by atoms with Crippen LogP contribution in [0.25, 0.3) is 0 Å². The zero-order chi connectivity index (χ0) is 18.9. The summed E-state index contributed by atoms with van der Waals surface area (Å²) in [7, 11) is 0. The minimum Gasteiger partial charge on any atom is -0.481 e. The van der Waals surface area contributed by atoms with Crippen LogP contribution in [-0.4, -0.2) is 32.9 Å². The molecule has 0 unspecified atom stereocenters. The molecule has 144 valence electrons. The lowest BCUT2D eigenvalue weighted by atomic mass is 9.46. The van der Waals surface area contributed by atoms with Crippen LogP contribution < -0.4 is 0 Å². The maximum atomic E-state index is 12.0. The van der Waals surface area contributed by atoms with E-state index in [1.807, 2.05) is 0 Å². The van der Waals surface area contributed by atoms with E-state index in [0.717, 1.165) is 37.7 Å². The van der Waals surface area contributed by atoms with Crippen molar-refractivity contribution in [3.8, 4) is 0 Å². The fourth-order valence-electron chi connectivity index (χ4n) is 7.21. The lowest BCUT2D eigenvalue weighted by molar-refractivity contribution is -0.158. The van der Waals surface area contributed by atoms with Gasteiger partial charge in [-0.05, 0) is 78.8 Å². The van der Waals surface area contributed by atoms with Crippen molar-refractivity contribution in [1.82, 2.24) is 0 Å². The predicted molar refractivity (Wildman–Crippen MR) is 98.9 cm³/mol. The third-order valence-corrected chi connectivity index (χ3v) is 9.12. The van der Waals surface area contributed by atoms with Gasteiger partial charge in [0.1, 0.15) is 0 Å². The average molecular weight is 381 g/mol. The number of halogens is 1. The highest BCUT2D eigenvalue weighted by Gasteiger charge is 2.65. The summed E-state index contributed by atoms with van der Waals surface area (Å²) in [6, 6.07) is 0. The van der Waals surface area contributed by atoms with E-state index in [4.69, 9.17) is 11.6 Å². The molecule has 0 radical (unpaired) electrons. The highest BCUT2D eigenvalue weighted by molar-refractivity contribution is 6.23. The summed E-state index contributed by atoms with van der Waals surface area (Å²) in [5, 5.41) is 20.4. The summed E-state index contributed by atoms with van der Waals surface area (Å²) in [5.74, 6) is 0.455. The van der Waals surface area contributed by atoms with Crippen molar-refractivity contribution >= 4 is 23.4 Å². The Morgan fingerprint density at radius 3 is 2.62 bits per heavy atom. The van der Waals surface area contributed by atoms with E-state index in [0.29, 0.717) is 30.6 Å². The van der Waals surface area contributed by atoms with Crippen molar-refractivity contribution < 1.29 is 19.8 Å². The lowest BCUT2D eigenvalue weighted by Gasteiger charge is -2.60. The smallest absolute Gasteiger partial charge is 0.306 e. The molecule has 0 aromatic carbocycles. The average Bonchev–Trinajstić information content (AvgIpc) is 2.80. The molecule has 26 heavy (non-hydrogen) atoms. The molecular weight excluding hydrogens is 352 g/mol. The SMILES string of the molecule is C[C@]12CCC(=O)C=C1[C@H](Cl)C[C@@H]1[C@@H]2CC[C@@]2(C)[C@H]1CC[C@@]2(O)CC(=O)O. The summed E-state index contributed by atoms with van der Waals surface area (Å²) in [6.07, 6.45) is 7.21.